The van der Waals surface area contributed by atoms with Crippen molar-refractivity contribution in [1.82, 2.24) is 15.2 Å². The molecule has 1 amide bonds. The number of benzene rings is 1. The molecule has 2 unspecified atom stereocenters. The van der Waals surface area contributed by atoms with Gasteiger partial charge in [-0.1, -0.05) is 26.0 Å². The van der Waals surface area contributed by atoms with Crippen LogP contribution in [0, 0.1) is 11.8 Å². The van der Waals surface area contributed by atoms with E-state index in [2.05, 4.69) is 39.5 Å². The van der Waals surface area contributed by atoms with Gasteiger partial charge < -0.3 is 10.1 Å². The zero-order valence-corrected chi connectivity index (χ0v) is 19.6. The highest BCUT2D eigenvalue weighted by atomic mass is 32.1. The average molecular weight is 442 g/mol. The van der Waals surface area contributed by atoms with Crippen molar-refractivity contribution in [2.45, 2.75) is 71.1 Å². The van der Waals surface area contributed by atoms with E-state index < -0.39 is 0 Å². The number of hydrogen-bond acceptors (Lipinski definition) is 5. The zero-order valence-electron chi connectivity index (χ0n) is 18.8. The second kappa shape index (κ2) is 10.6. The molecule has 1 aliphatic carbocycles. The summed E-state index contributed by atoms with van der Waals surface area (Å²) in [4.78, 5) is 19.5. The van der Waals surface area contributed by atoms with Crippen LogP contribution >= 0.6 is 11.3 Å². The maximum atomic E-state index is 12.5. The average Bonchev–Trinajstić information content (AvgIpc) is 3.46. The van der Waals surface area contributed by atoms with E-state index in [-0.39, 0.29) is 17.9 Å². The molecule has 1 N–H and O–H groups in total. The van der Waals surface area contributed by atoms with Gasteiger partial charge in [0.05, 0.1) is 12.1 Å². The molecule has 4 rings (SSSR count). The highest BCUT2D eigenvalue weighted by molar-refractivity contribution is 7.09. The molecule has 2 aromatic rings. The van der Waals surface area contributed by atoms with Crippen LogP contribution in [0.25, 0.3) is 0 Å². The zero-order chi connectivity index (χ0) is 21.6. The molecular formula is C25H35N3O2S. The number of piperidine rings is 1. The van der Waals surface area contributed by atoms with E-state index in [9.17, 15) is 4.79 Å². The molecule has 6 heteroatoms. The van der Waals surface area contributed by atoms with E-state index in [1.165, 1.54) is 31.2 Å². The molecule has 1 aromatic carbocycles. The van der Waals surface area contributed by atoms with Gasteiger partial charge in [-0.3, -0.25) is 9.69 Å². The smallest absolute Gasteiger partial charge is 0.223 e. The lowest BCUT2D eigenvalue weighted by atomic mass is 9.90. The molecule has 2 heterocycles. The van der Waals surface area contributed by atoms with E-state index >= 15 is 0 Å². The molecule has 2 aliphatic rings. The van der Waals surface area contributed by atoms with Crippen LogP contribution in [0.4, 0.5) is 0 Å². The molecule has 2 fully saturated rings. The fraction of sp³-hybridized carbons (Fsp3) is 0.600. The number of carbonyl (C=O) groups excluding carboxylic acids is 1. The first-order valence-corrected chi connectivity index (χ1v) is 12.6. The second-order valence-corrected chi connectivity index (χ2v) is 10.2. The summed E-state index contributed by atoms with van der Waals surface area (Å²) in [6, 6.07) is 8.60. The number of nitrogens with zero attached hydrogens (tertiary/aromatic N) is 2. The van der Waals surface area contributed by atoms with Gasteiger partial charge in [-0.25, -0.2) is 4.98 Å². The van der Waals surface area contributed by atoms with E-state index in [0.29, 0.717) is 12.0 Å². The summed E-state index contributed by atoms with van der Waals surface area (Å²) in [7, 11) is 0. The Kier molecular flexibility index (Phi) is 7.62. The van der Waals surface area contributed by atoms with Gasteiger partial charge in [0, 0.05) is 30.6 Å². The van der Waals surface area contributed by atoms with Crippen LogP contribution in [0.15, 0.2) is 35.8 Å². The molecular weight excluding hydrogens is 406 g/mol. The normalized spacial score (nSPS) is 21.3. The molecule has 0 spiro atoms. The number of amides is 1. The van der Waals surface area contributed by atoms with Gasteiger partial charge >= 0.3 is 0 Å². The predicted molar refractivity (Wildman–Crippen MR) is 125 cm³/mol. The summed E-state index contributed by atoms with van der Waals surface area (Å²) in [6.45, 7) is 6.87. The van der Waals surface area contributed by atoms with Crippen LogP contribution in [0.2, 0.25) is 0 Å². The van der Waals surface area contributed by atoms with Crippen molar-refractivity contribution in [3.8, 4) is 5.75 Å². The number of ether oxygens (including phenoxy) is 1. The Morgan fingerprint density at radius 3 is 2.84 bits per heavy atom. The molecule has 0 bridgehead atoms. The number of carbonyl (C=O) groups is 1. The highest BCUT2D eigenvalue weighted by Crippen LogP contribution is 2.32. The van der Waals surface area contributed by atoms with Crippen LogP contribution < -0.4 is 10.1 Å². The minimum Gasteiger partial charge on any atom is -0.490 e. The molecule has 1 aliphatic heterocycles. The van der Waals surface area contributed by atoms with Crippen LogP contribution in [0.1, 0.15) is 69.0 Å². The van der Waals surface area contributed by atoms with E-state index in [4.69, 9.17) is 4.74 Å². The maximum absolute atomic E-state index is 12.5. The topological polar surface area (TPSA) is 54.5 Å². The van der Waals surface area contributed by atoms with Crippen molar-refractivity contribution in [2.75, 3.05) is 13.1 Å². The molecule has 1 aromatic heterocycles. The monoisotopic (exact) mass is 441 g/mol. The van der Waals surface area contributed by atoms with Gasteiger partial charge in [0.1, 0.15) is 10.8 Å². The Hall–Kier alpha value is -1.92. The predicted octanol–water partition coefficient (Wildman–Crippen LogP) is 5.19. The van der Waals surface area contributed by atoms with Crippen LogP contribution in [0.5, 0.6) is 5.75 Å². The maximum Gasteiger partial charge on any atom is 0.223 e. The van der Waals surface area contributed by atoms with Crippen molar-refractivity contribution in [3.63, 3.8) is 0 Å². The molecule has 0 radical (unpaired) electrons. The van der Waals surface area contributed by atoms with Gasteiger partial charge in [0.2, 0.25) is 5.91 Å². The number of hydrogen-bond donors (Lipinski definition) is 1. The van der Waals surface area contributed by atoms with Gasteiger partial charge in [-0.2, -0.15) is 0 Å². The van der Waals surface area contributed by atoms with E-state index in [1.54, 1.807) is 11.3 Å². The summed E-state index contributed by atoms with van der Waals surface area (Å²) in [5.74, 6) is 1.46. The van der Waals surface area contributed by atoms with Crippen molar-refractivity contribution in [3.05, 3.63) is 46.4 Å². The first-order chi connectivity index (χ1) is 15.1. The molecule has 5 nitrogen and oxygen atoms in total. The van der Waals surface area contributed by atoms with Crippen molar-refractivity contribution >= 4 is 17.2 Å². The number of rotatable bonds is 8. The summed E-state index contributed by atoms with van der Waals surface area (Å²) < 4.78 is 6.21. The largest absolute Gasteiger partial charge is 0.490 e. The minimum atomic E-state index is -0.0234. The Bertz CT molecular complexity index is 833. The Balaban J connectivity index is 1.40. The quantitative estimate of drug-likeness (QED) is 0.612. The Labute approximate surface area is 190 Å². The Morgan fingerprint density at radius 2 is 2.10 bits per heavy atom. The van der Waals surface area contributed by atoms with Gasteiger partial charge in [-0.05, 0) is 68.7 Å². The number of nitrogens with one attached hydrogen (secondary N) is 1. The number of aromatic nitrogens is 1. The third-order valence-corrected chi connectivity index (χ3v) is 7.32. The van der Waals surface area contributed by atoms with Crippen LogP contribution in [-0.2, 0) is 11.3 Å². The van der Waals surface area contributed by atoms with Crippen molar-refractivity contribution in [1.29, 1.82) is 0 Å². The summed E-state index contributed by atoms with van der Waals surface area (Å²) in [5, 5.41) is 6.31. The van der Waals surface area contributed by atoms with Crippen molar-refractivity contribution in [2.24, 2.45) is 11.8 Å². The standard InChI is InChI=1S/C25H35N3O2S/c1-18(2)24(29)27-23(25-26-12-14-31-25)20-8-6-13-28(17-20)16-19-7-5-11-22(15-19)30-21-9-3-4-10-21/h5,7,11-12,14-15,18,20-21,23H,3-4,6,8-10,13,16-17H2,1-2H3,(H,27,29). The lowest BCUT2D eigenvalue weighted by Crippen LogP contribution is -2.43. The summed E-state index contributed by atoms with van der Waals surface area (Å²) in [6.07, 6.45) is 9.41. The second-order valence-electron chi connectivity index (χ2n) is 9.32. The van der Waals surface area contributed by atoms with Gasteiger partial charge in [0.25, 0.3) is 0 Å². The molecule has 1 saturated heterocycles. The highest BCUT2D eigenvalue weighted by Gasteiger charge is 2.31. The summed E-state index contributed by atoms with van der Waals surface area (Å²) in [5.41, 5.74) is 1.30. The molecule has 31 heavy (non-hydrogen) atoms. The SMILES string of the molecule is CC(C)C(=O)NC(c1nccs1)C1CCCN(Cc2cccc(OC3CCCC3)c2)C1. The van der Waals surface area contributed by atoms with Crippen LogP contribution in [-0.4, -0.2) is 35.0 Å². The Morgan fingerprint density at radius 1 is 1.26 bits per heavy atom. The third kappa shape index (κ3) is 6.07. The van der Waals surface area contributed by atoms with E-state index in [1.807, 2.05) is 25.4 Å². The molecule has 168 valence electrons. The van der Waals surface area contributed by atoms with Gasteiger partial charge in [0.15, 0.2) is 0 Å². The van der Waals surface area contributed by atoms with Crippen molar-refractivity contribution < 1.29 is 9.53 Å². The minimum absolute atomic E-state index is 0.00488. The van der Waals surface area contributed by atoms with E-state index in [0.717, 1.165) is 43.2 Å². The summed E-state index contributed by atoms with van der Waals surface area (Å²) >= 11 is 1.64. The third-order valence-electron chi connectivity index (χ3n) is 6.46. The first kappa shape index (κ1) is 22.3. The first-order valence-electron chi connectivity index (χ1n) is 11.8. The molecule has 2 atom stereocenters. The fourth-order valence-electron chi connectivity index (χ4n) is 4.77. The fourth-order valence-corrected chi connectivity index (χ4v) is 5.55. The number of thiazole rings is 1. The lowest BCUT2D eigenvalue weighted by Gasteiger charge is -2.37. The lowest BCUT2D eigenvalue weighted by molar-refractivity contribution is -0.125. The number of likely N-dealkylation sites (tertiary alicyclic amines) is 1. The van der Waals surface area contributed by atoms with Gasteiger partial charge in [-0.15, -0.1) is 11.3 Å². The van der Waals surface area contributed by atoms with Crippen LogP contribution in [0.3, 0.4) is 0 Å². The molecule has 1 saturated carbocycles.